The second-order valence-electron chi connectivity index (χ2n) is 4.56. The summed E-state index contributed by atoms with van der Waals surface area (Å²) in [4.78, 5) is 0. The van der Waals surface area contributed by atoms with Gasteiger partial charge in [-0.3, -0.25) is 0 Å². The maximum atomic E-state index is 13.6. The molecule has 0 amide bonds. The average molecular weight is 227 g/mol. The molecule has 0 saturated heterocycles. The average Bonchev–Trinajstić information content (AvgIpc) is 2.71. The molecule has 2 aromatic rings. The van der Waals surface area contributed by atoms with E-state index in [1.165, 1.54) is 5.56 Å². The molecule has 1 nitrogen and oxygen atoms in total. The molecule has 0 spiro atoms. The minimum Gasteiger partial charge on any atom is -0.384 e. The number of fused-ring (bicyclic) bond motifs is 1. The van der Waals surface area contributed by atoms with Crippen LogP contribution in [0.4, 0.5) is 10.1 Å². The van der Waals surface area contributed by atoms with E-state index < -0.39 is 0 Å². The number of hydrogen-bond acceptors (Lipinski definition) is 1. The molecule has 1 aliphatic rings. The maximum absolute atomic E-state index is 13.6. The van der Waals surface area contributed by atoms with E-state index in [1.807, 2.05) is 30.3 Å². The van der Waals surface area contributed by atoms with Crippen LogP contribution in [0.1, 0.15) is 18.4 Å². The SMILES string of the molecule is CC1CNc2cc(F)cc(-c3ccccc3)c21. The predicted molar refractivity (Wildman–Crippen MR) is 68.7 cm³/mol. The summed E-state index contributed by atoms with van der Waals surface area (Å²) in [6.45, 7) is 3.06. The van der Waals surface area contributed by atoms with E-state index in [2.05, 4.69) is 12.2 Å². The van der Waals surface area contributed by atoms with Crippen LogP contribution in [0.5, 0.6) is 0 Å². The van der Waals surface area contributed by atoms with Crippen LogP contribution in [0, 0.1) is 5.82 Å². The summed E-state index contributed by atoms with van der Waals surface area (Å²) < 4.78 is 13.6. The lowest BCUT2D eigenvalue weighted by atomic mass is 9.92. The van der Waals surface area contributed by atoms with Crippen LogP contribution in [0.3, 0.4) is 0 Å². The van der Waals surface area contributed by atoms with Gasteiger partial charge in [-0.05, 0) is 28.8 Å². The van der Waals surface area contributed by atoms with E-state index in [9.17, 15) is 4.39 Å². The molecule has 1 heterocycles. The van der Waals surface area contributed by atoms with Gasteiger partial charge < -0.3 is 5.32 Å². The van der Waals surface area contributed by atoms with Crippen LogP contribution in [-0.2, 0) is 0 Å². The molecule has 1 atom stereocenters. The lowest BCUT2D eigenvalue weighted by Crippen LogP contribution is -1.96. The van der Waals surface area contributed by atoms with Gasteiger partial charge in [-0.25, -0.2) is 4.39 Å². The number of nitrogens with one attached hydrogen (secondary N) is 1. The first-order valence-corrected chi connectivity index (χ1v) is 5.88. The number of halogens is 1. The maximum Gasteiger partial charge on any atom is 0.125 e. The van der Waals surface area contributed by atoms with Crippen molar-refractivity contribution in [2.45, 2.75) is 12.8 Å². The molecule has 0 radical (unpaired) electrons. The summed E-state index contributed by atoms with van der Waals surface area (Å²) in [5, 5.41) is 3.26. The Morgan fingerprint density at radius 3 is 2.71 bits per heavy atom. The lowest BCUT2D eigenvalue weighted by molar-refractivity contribution is 0.628. The van der Waals surface area contributed by atoms with E-state index in [4.69, 9.17) is 0 Å². The second-order valence-corrected chi connectivity index (χ2v) is 4.56. The third-order valence-electron chi connectivity index (χ3n) is 3.32. The number of anilines is 1. The van der Waals surface area contributed by atoms with Gasteiger partial charge in [-0.2, -0.15) is 0 Å². The van der Waals surface area contributed by atoms with E-state index in [1.54, 1.807) is 12.1 Å². The summed E-state index contributed by atoms with van der Waals surface area (Å²) >= 11 is 0. The summed E-state index contributed by atoms with van der Waals surface area (Å²) in [6.07, 6.45) is 0. The summed E-state index contributed by atoms with van der Waals surface area (Å²) in [5.41, 5.74) is 4.27. The highest BCUT2D eigenvalue weighted by Crippen LogP contribution is 2.39. The molecule has 3 rings (SSSR count). The molecule has 86 valence electrons. The molecule has 0 aromatic heterocycles. The molecule has 1 N–H and O–H groups in total. The highest BCUT2D eigenvalue weighted by Gasteiger charge is 2.23. The molecular formula is C15H14FN. The second kappa shape index (κ2) is 3.88. The van der Waals surface area contributed by atoms with Crippen molar-refractivity contribution >= 4 is 5.69 Å². The van der Waals surface area contributed by atoms with E-state index in [0.29, 0.717) is 5.92 Å². The standard InChI is InChI=1S/C15H14FN/c1-10-9-17-14-8-12(16)7-13(15(10)14)11-5-3-2-4-6-11/h2-8,10,17H,9H2,1H3. The van der Waals surface area contributed by atoms with Gasteiger partial charge in [0.25, 0.3) is 0 Å². The molecule has 1 unspecified atom stereocenters. The first kappa shape index (κ1) is 10.3. The Kier molecular flexibility index (Phi) is 2.36. The zero-order valence-electron chi connectivity index (χ0n) is 9.70. The molecule has 2 aromatic carbocycles. The first-order chi connectivity index (χ1) is 8.25. The summed E-state index contributed by atoms with van der Waals surface area (Å²) in [7, 11) is 0. The van der Waals surface area contributed by atoms with Gasteiger partial charge in [0.15, 0.2) is 0 Å². The van der Waals surface area contributed by atoms with Crippen LogP contribution in [0.2, 0.25) is 0 Å². The highest BCUT2D eigenvalue weighted by atomic mass is 19.1. The quantitative estimate of drug-likeness (QED) is 0.775. The van der Waals surface area contributed by atoms with Gasteiger partial charge in [-0.1, -0.05) is 37.3 Å². The van der Waals surface area contributed by atoms with Crippen molar-refractivity contribution in [3.8, 4) is 11.1 Å². The zero-order chi connectivity index (χ0) is 11.8. The highest BCUT2D eigenvalue weighted by molar-refractivity contribution is 5.77. The van der Waals surface area contributed by atoms with Crippen molar-refractivity contribution in [3.05, 3.63) is 53.8 Å². The fraction of sp³-hybridized carbons (Fsp3) is 0.200. The largest absolute Gasteiger partial charge is 0.384 e. The van der Waals surface area contributed by atoms with E-state index in [-0.39, 0.29) is 5.82 Å². The Morgan fingerprint density at radius 1 is 1.18 bits per heavy atom. The van der Waals surface area contributed by atoms with Crippen LogP contribution in [-0.4, -0.2) is 6.54 Å². The van der Waals surface area contributed by atoms with Gasteiger partial charge in [-0.15, -0.1) is 0 Å². The Bertz CT molecular complexity index is 548. The molecule has 0 aliphatic carbocycles. The van der Waals surface area contributed by atoms with Crippen LogP contribution < -0.4 is 5.32 Å². The van der Waals surface area contributed by atoms with Crippen molar-refractivity contribution in [3.63, 3.8) is 0 Å². The van der Waals surface area contributed by atoms with Crippen LogP contribution in [0.25, 0.3) is 11.1 Å². The molecule has 17 heavy (non-hydrogen) atoms. The number of benzene rings is 2. The van der Waals surface area contributed by atoms with Crippen molar-refractivity contribution in [2.75, 3.05) is 11.9 Å². The van der Waals surface area contributed by atoms with Gasteiger partial charge in [0.1, 0.15) is 5.82 Å². The Balaban J connectivity index is 2.24. The van der Waals surface area contributed by atoms with Gasteiger partial charge in [0.2, 0.25) is 0 Å². The predicted octanol–water partition coefficient (Wildman–Crippen LogP) is 4.02. The zero-order valence-corrected chi connectivity index (χ0v) is 9.70. The van der Waals surface area contributed by atoms with Crippen LogP contribution >= 0.6 is 0 Å². The summed E-state index contributed by atoms with van der Waals surface area (Å²) in [6, 6.07) is 13.2. The molecule has 2 heteroatoms. The topological polar surface area (TPSA) is 12.0 Å². The molecule has 1 aliphatic heterocycles. The lowest BCUT2D eigenvalue weighted by Gasteiger charge is -2.11. The first-order valence-electron chi connectivity index (χ1n) is 5.88. The van der Waals surface area contributed by atoms with Crippen molar-refractivity contribution in [1.29, 1.82) is 0 Å². The van der Waals surface area contributed by atoms with Gasteiger partial charge >= 0.3 is 0 Å². The fourth-order valence-electron chi connectivity index (χ4n) is 2.52. The Hall–Kier alpha value is -1.83. The number of rotatable bonds is 1. The molecule has 0 fully saturated rings. The van der Waals surface area contributed by atoms with E-state index >= 15 is 0 Å². The van der Waals surface area contributed by atoms with Gasteiger partial charge in [0, 0.05) is 18.2 Å². The normalized spacial score (nSPS) is 17.6. The van der Waals surface area contributed by atoms with Crippen molar-refractivity contribution in [1.82, 2.24) is 0 Å². The minimum atomic E-state index is -0.177. The third-order valence-corrected chi connectivity index (χ3v) is 3.32. The van der Waals surface area contributed by atoms with Gasteiger partial charge in [0.05, 0.1) is 0 Å². The van der Waals surface area contributed by atoms with Crippen molar-refractivity contribution < 1.29 is 4.39 Å². The molecule has 0 saturated carbocycles. The Labute approximate surface area is 100 Å². The Morgan fingerprint density at radius 2 is 1.94 bits per heavy atom. The fourth-order valence-corrected chi connectivity index (χ4v) is 2.52. The molecular weight excluding hydrogens is 213 g/mol. The molecule has 0 bridgehead atoms. The monoisotopic (exact) mass is 227 g/mol. The van der Waals surface area contributed by atoms with Crippen molar-refractivity contribution in [2.24, 2.45) is 0 Å². The van der Waals surface area contributed by atoms with Crippen LogP contribution in [0.15, 0.2) is 42.5 Å². The minimum absolute atomic E-state index is 0.177. The van der Waals surface area contributed by atoms with E-state index in [0.717, 1.165) is 23.4 Å². The third kappa shape index (κ3) is 1.70. The smallest absolute Gasteiger partial charge is 0.125 e. The number of hydrogen-bond donors (Lipinski definition) is 1. The summed E-state index contributed by atoms with van der Waals surface area (Å²) in [5.74, 6) is 0.255.